The first-order chi connectivity index (χ1) is 12.0. The zero-order valence-corrected chi connectivity index (χ0v) is 15.3. The van der Waals surface area contributed by atoms with Crippen LogP contribution in [0.5, 0.6) is 0 Å². The van der Waals surface area contributed by atoms with Gasteiger partial charge in [-0.1, -0.05) is 12.1 Å². The zero-order valence-electron chi connectivity index (χ0n) is 14.5. The topological polar surface area (TPSA) is 93.2 Å². The molecule has 0 amide bonds. The first-order valence-corrected chi connectivity index (χ1v) is 8.63. The molecule has 3 N–H and O–H groups in total. The molecule has 1 aliphatic rings. The van der Waals surface area contributed by atoms with Gasteiger partial charge in [-0.05, 0) is 26.1 Å². The molecule has 1 aromatic rings. The third-order valence-electron chi connectivity index (χ3n) is 4.11. The molecule has 0 aromatic heterocycles. The summed E-state index contributed by atoms with van der Waals surface area (Å²) in [6.07, 6.45) is 0. The summed E-state index contributed by atoms with van der Waals surface area (Å²) in [6.45, 7) is 8.87. The van der Waals surface area contributed by atoms with Crippen molar-refractivity contribution in [1.82, 2.24) is 10.7 Å². The highest BCUT2D eigenvalue weighted by Gasteiger charge is 2.13. The van der Waals surface area contributed by atoms with Gasteiger partial charge in [0.25, 0.3) is 5.69 Å². The number of morpholine rings is 1. The minimum absolute atomic E-state index is 0.0845. The van der Waals surface area contributed by atoms with Gasteiger partial charge in [0.15, 0.2) is 5.11 Å². The molecule has 9 heteroatoms. The first-order valence-electron chi connectivity index (χ1n) is 8.22. The molecular formula is C16H24N5O3S+. The molecule has 1 aromatic carbocycles. The number of thiocarbonyl (C=S) groups is 1. The van der Waals surface area contributed by atoms with Crippen LogP contribution >= 0.6 is 12.2 Å². The molecule has 0 aliphatic carbocycles. The number of nitro groups is 1. The molecule has 136 valence electrons. The number of hydrogen-bond donors (Lipinski definition) is 3. The number of benzene rings is 1. The predicted octanol–water partition coefficient (Wildman–Crippen LogP) is 0.00642. The van der Waals surface area contributed by atoms with Crippen LogP contribution in [0.2, 0.25) is 0 Å². The molecule has 0 unspecified atom stereocenters. The first kappa shape index (κ1) is 19.2. The van der Waals surface area contributed by atoms with Crippen LogP contribution in [0.3, 0.4) is 0 Å². The van der Waals surface area contributed by atoms with Crippen LogP contribution in [0.1, 0.15) is 18.1 Å². The van der Waals surface area contributed by atoms with E-state index in [1.54, 1.807) is 26.0 Å². The van der Waals surface area contributed by atoms with Crippen molar-refractivity contribution < 1.29 is 14.6 Å². The van der Waals surface area contributed by atoms with E-state index in [0.717, 1.165) is 39.4 Å². The fraction of sp³-hybridized carbons (Fsp3) is 0.500. The number of nitro benzene ring substituents is 1. The van der Waals surface area contributed by atoms with Gasteiger partial charge in [0, 0.05) is 17.2 Å². The van der Waals surface area contributed by atoms with Gasteiger partial charge in [-0.2, -0.15) is 5.10 Å². The lowest BCUT2D eigenvalue weighted by atomic mass is 10.1. The van der Waals surface area contributed by atoms with Crippen molar-refractivity contribution in [3.63, 3.8) is 0 Å². The Morgan fingerprint density at radius 2 is 2.16 bits per heavy atom. The fourth-order valence-corrected chi connectivity index (χ4v) is 2.68. The number of rotatable bonds is 6. The number of aryl methyl sites for hydroxylation is 1. The Hall–Kier alpha value is -2.10. The third kappa shape index (κ3) is 6.04. The van der Waals surface area contributed by atoms with E-state index in [2.05, 4.69) is 15.8 Å². The van der Waals surface area contributed by atoms with Crippen LogP contribution in [0.15, 0.2) is 23.3 Å². The zero-order chi connectivity index (χ0) is 18.2. The van der Waals surface area contributed by atoms with Crippen LogP contribution < -0.4 is 15.6 Å². The van der Waals surface area contributed by atoms with Crippen molar-refractivity contribution >= 4 is 28.7 Å². The van der Waals surface area contributed by atoms with Gasteiger partial charge in [0.2, 0.25) is 0 Å². The predicted molar refractivity (Wildman–Crippen MR) is 100 cm³/mol. The van der Waals surface area contributed by atoms with E-state index in [1.165, 1.54) is 11.0 Å². The van der Waals surface area contributed by atoms with Crippen molar-refractivity contribution in [1.29, 1.82) is 0 Å². The summed E-state index contributed by atoms with van der Waals surface area (Å²) in [5, 5.41) is 18.8. The number of nitrogens with one attached hydrogen (secondary N) is 3. The van der Waals surface area contributed by atoms with Gasteiger partial charge in [-0.25, -0.2) is 0 Å². The van der Waals surface area contributed by atoms with Crippen molar-refractivity contribution in [2.24, 2.45) is 5.10 Å². The van der Waals surface area contributed by atoms with Gasteiger partial charge in [0.1, 0.15) is 13.1 Å². The second kappa shape index (κ2) is 9.40. The molecule has 1 aliphatic heterocycles. The van der Waals surface area contributed by atoms with Gasteiger partial charge in [-0.3, -0.25) is 15.5 Å². The maximum absolute atomic E-state index is 11.0. The van der Waals surface area contributed by atoms with Crippen LogP contribution in [0.4, 0.5) is 5.69 Å². The number of nitrogens with zero attached hydrogens (tertiary/aromatic N) is 2. The standard InChI is InChI=1S/C16H23N5O3S/c1-12-3-4-14(11-15(12)21(22)23)13(2)18-19-16(25)17-5-6-20-7-9-24-10-8-20/h3-4,11H,5-10H2,1-2H3,(H2,17,19,25)/p+1/b18-13-. The minimum Gasteiger partial charge on any atom is -0.370 e. The molecule has 0 radical (unpaired) electrons. The van der Waals surface area contributed by atoms with E-state index in [0.29, 0.717) is 22.0 Å². The Bertz CT molecular complexity index is 659. The Morgan fingerprint density at radius 1 is 1.44 bits per heavy atom. The van der Waals surface area contributed by atoms with E-state index >= 15 is 0 Å². The normalized spacial score (nSPS) is 15.7. The average molecular weight is 366 g/mol. The largest absolute Gasteiger partial charge is 0.370 e. The lowest BCUT2D eigenvalue weighted by molar-refractivity contribution is -0.906. The Morgan fingerprint density at radius 3 is 2.84 bits per heavy atom. The van der Waals surface area contributed by atoms with E-state index in [1.807, 2.05) is 0 Å². The highest BCUT2D eigenvalue weighted by atomic mass is 32.1. The van der Waals surface area contributed by atoms with Gasteiger partial charge >= 0.3 is 0 Å². The highest BCUT2D eigenvalue weighted by molar-refractivity contribution is 7.80. The summed E-state index contributed by atoms with van der Waals surface area (Å²) in [5.41, 5.74) is 4.81. The maximum Gasteiger partial charge on any atom is 0.272 e. The van der Waals surface area contributed by atoms with E-state index in [4.69, 9.17) is 17.0 Å². The molecule has 0 saturated carbocycles. The summed E-state index contributed by atoms with van der Waals surface area (Å²) < 4.78 is 5.33. The van der Waals surface area contributed by atoms with Crippen molar-refractivity contribution in [2.75, 3.05) is 39.4 Å². The second-order valence-electron chi connectivity index (χ2n) is 5.94. The quantitative estimate of drug-likeness (QED) is 0.284. The molecular weight excluding hydrogens is 342 g/mol. The molecule has 1 saturated heterocycles. The highest BCUT2D eigenvalue weighted by Crippen LogP contribution is 2.19. The minimum atomic E-state index is -0.389. The smallest absolute Gasteiger partial charge is 0.272 e. The molecule has 2 rings (SSSR count). The fourth-order valence-electron chi connectivity index (χ4n) is 2.53. The molecule has 0 atom stereocenters. The van der Waals surface area contributed by atoms with Gasteiger partial charge in [0.05, 0.1) is 36.9 Å². The molecule has 0 spiro atoms. The summed E-state index contributed by atoms with van der Waals surface area (Å²) in [5.74, 6) is 0. The van der Waals surface area contributed by atoms with Gasteiger partial charge < -0.3 is 15.0 Å². The van der Waals surface area contributed by atoms with Gasteiger partial charge in [-0.15, -0.1) is 0 Å². The SMILES string of the molecule is C/C(=N/NC(=S)NCC[NH+]1CCOCC1)c1ccc(C)c([N+](=O)[O-])c1. The Labute approximate surface area is 152 Å². The van der Waals surface area contributed by atoms with Crippen molar-refractivity contribution in [3.05, 3.63) is 39.4 Å². The molecule has 25 heavy (non-hydrogen) atoms. The van der Waals surface area contributed by atoms with Crippen LogP contribution in [0, 0.1) is 17.0 Å². The van der Waals surface area contributed by atoms with Crippen LogP contribution in [-0.4, -0.2) is 55.1 Å². The number of ether oxygens (including phenoxy) is 1. The van der Waals surface area contributed by atoms with Crippen LogP contribution in [0.25, 0.3) is 0 Å². The average Bonchev–Trinajstić information content (AvgIpc) is 2.60. The number of quaternary nitrogens is 1. The number of hydrazone groups is 1. The molecule has 0 bridgehead atoms. The summed E-state index contributed by atoms with van der Waals surface area (Å²) in [7, 11) is 0. The third-order valence-corrected chi connectivity index (χ3v) is 4.35. The Balaban J connectivity index is 1.82. The maximum atomic E-state index is 11.0. The van der Waals surface area contributed by atoms with E-state index in [9.17, 15) is 10.1 Å². The second-order valence-corrected chi connectivity index (χ2v) is 6.34. The summed E-state index contributed by atoms with van der Waals surface area (Å²) in [4.78, 5) is 12.1. The monoisotopic (exact) mass is 366 g/mol. The van der Waals surface area contributed by atoms with Crippen molar-refractivity contribution in [3.8, 4) is 0 Å². The summed E-state index contributed by atoms with van der Waals surface area (Å²) in [6, 6.07) is 5.05. The lowest BCUT2D eigenvalue weighted by Crippen LogP contribution is -3.14. The lowest BCUT2D eigenvalue weighted by Gasteiger charge is -2.23. The van der Waals surface area contributed by atoms with Crippen molar-refractivity contribution in [2.45, 2.75) is 13.8 Å². The van der Waals surface area contributed by atoms with E-state index < -0.39 is 0 Å². The molecule has 8 nitrogen and oxygen atoms in total. The van der Waals surface area contributed by atoms with E-state index in [-0.39, 0.29) is 10.6 Å². The van der Waals surface area contributed by atoms with Crippen LogP contribution in [-0.2, 0) is 4.74 Å². The summed E-state index contributed by atoms with van der Waals surface area (Å²) >= 11 is 5.21. The number of hydrogen-bond acceptors (Lipinski definition) is 5. The molecule has 1 fully saturated rings. The Kier molecular flexibility index (Phi) is 7.23. The molecule has 1 heterocycles.